The summed E-state index contributed by atoms with van der Waals surface area (Å²) in [6.45, 7) is 3.45. The van der Waals surface area contributed by atoms with Gasteiger partial charge in [0.25, 0.3) is 0 Å². The van der Waals surface area contributed by atoms with Gasteiger partial charge in [-0.2, -0.15) is 0 Å². The number of Topliss-reactive ketones (excluding diaryl/α,β-unsaturated/α-hetero) is 1. The largest absolute Gasteiger partial charge is 0.477 e. The van der Waals surface area contributed by atoms with Crippen LogP contribution >= 0.6 is 0 Å². The summed E-state index contributed by atoms with van der Waals surface area (Å²) >= 11 is 0. The van der Waals surface area contributed by atoms with Gasteiger partial charge in [0.1, 0.15) is 5.60 Å². The molecular weight excluding hydrogens is 350 g/mol. The number of hydrogen-bond acceptors (Lipinski definition) is 7. The monoisotopic (exact) mass is 371 g/mol. The smallest absolute Gasteiger partial charge is 0.308 e. The quantitative estimate of drug-likeness (QED) is 0.617. The number of piperidine rings is 1. The first-order chi connectivity index (χ1) is 12.9. The molecule has 0 aromatic heterocycles. The molecule has 7 nitrogen and oxygen atoms in total. The molecule has 5 rings (SSSR count). The fourth-order valence-corrected chi connectivity index (χ4v) is 5.89. The van der Waals surface area contributed by atoms with Crippen molar-refractivity contribution in [3.05, 3.63) is 23.3 Å². The highest BCUT2D eigenvalue weighted by Crippen LogP contribution is 2.64. The Balaban J connectivity index is 1.80. The molecule has 0 unspecified atom stereocenters. The lowest BCUT2D eigenvalue weighted by Gasteiger charge is -2.61. The zero-order valence-corrected chi connectivity index (χ0v) is 15.3. The van der Waals surface area contributed by atoms with Gasteiger partial charge in [-0.1, -0.05) is 6.07 Å². The number of ketones is 1. The SMILES string of the molecule is CC(=O)Oc1ccc2c3c1O[C@H]1C(=O)CC[C@@]4(OC(C)=O)[C@@H](C2)NCC[C@]314. The first kappa shape index (κ1) is 16.7. The third-order valence-electron chi connectivity index (χ3n) is 6.60. The highest BCUT2D eigenvalue weighted by molar-refractivity contribution is 5.90. The molecular formula is C20H21NO6. The number of benzene rings is 1. The van der Waals surface area contributed by atoms with Crippen LogP contribution < -0.4 is 14.8 Å². The predicted octanol–water partition coefficient (Wildman–Crippen LogP) is 1.19. The lowest BCUT2D eigenvalue weighted by atomic mass is 9.49. The van der Waals surface area contributed by atoms with Gasteiger partial charge in [0.15, 0.2) is 23.4 Å². The molecule has 0 amide bonds. The molecule has 2 aliphatic carbocycles. The highest BCUT2D eigenvalue weighted by atomic mass is 16.6. The molecule has 1 saturated carbocycles. The van der Waals surface area contributed by atoms with E-state index in [9.17, 15) is 14.4 Å². The molecule has 2 heterocycles. The molecule has 4 atom stereocenters. The molecule has 4 aliphatic rings. The van der Waals surface area contributed by atoms with E-state index in [0.29, 0.717) is 43.7 Å². The van der Waals surface area contributed by atoms with Crippen molar-refractivity contribution >= 4 is 17.7 Å². The molecule has 1 N–H and O–H groups in total. The van der Waals surface area contributed by atoms with E-state index in [1.165, 1.54) is 13.8 Å². The zero-order chi connectivity index (χ0) is 19.0. The summed E-state index contributed by atoms with van der Waals surface area (Å²) in [5, 5.41) is 3.51. The Morgan fingerprint density at radius 3 is 2.78 bits per heavy atom. The minimum Gasteiger partial charge on any atom is -0.477 e. The van der Waals surface area contributed by atoms with Crippen LogP contribution in [0.5, 0.6) is 11.5 Å². The minimum absolute atomic E-state index is 0.0104. The molecule has 7 heteroatoms. The van der Waals surface area contributed by atoms with E-state index in [2.05, 4.69) is 5.32 Å². The molecule has 0 radical (unpaired) electrons. The summed E-state index contributed by atoms with van der Waals surface area (Å²) in [7, 11) is 0. The van der Waals surface area contributed by atoms with Crippen molar-refractivity contribution in [1.82, 2.24) is 5.32 Å². The molecule has 142 valence electrons. The van der Waals surface area contributed by atoms with Gasteiger partial charge in [-0.25, -0.2) is 0 Å². The Bertz CT molecular complexity index is 895. The summed E-state index contributed by atoms with van der Waals surface area (Å²) < 4.78 is 17.6. The Morgan fingerprint density at radius 2 is 2.04 bits per heavy atom. The van der Waals surface area contributed by atoms with Gasteiger partial charge in [0.05, 0.1) is 11.5 Å². The van der Waals surface area contributed by atoms with E-state index in [1.54, 1.807) is 6.07 Å². The second-order valence-electron chi connectivity index (χ2n) is 7.90. The van der Waals surface area contributed by atoms with Crippen LogP contribution in [-0.2, 0) is 31.0 Å². The third-order valence-corrected chi connectivity index (χ3v) is 6.60. The van der Waals surface area contributed by atoms with Gasteiger partial charge in [-0.3, -0.25) is 14.4 Å². The molecule has 27 heavy (non-hydrogen) atoms. The number of rotatable bonds is 2. The normalized spacial score (nSPS) is 35.1. The number of carbonyl (C=O) groups is 3. The lowest BCUT2D eigenvalue weighted by molar-refractivity contribution is -0.197. The van der Waals surface area contributed by atoms with Crippen LogP contribution in [-0.4, -0.2) is 42.0 Å². The van der Waals surface area contributed by atoms with Crippen molar-refractivity contribution in [3.8, 4) is 11.5 Å². The Kier molecular flexibility index (Phi) is 3.30. The first-order valence-electron chi connectivity index (χ1n) is 9.36. The van der Waals surface area contributed by atoms with Gasteiger partial charge in [-0.05, 0) is 37.4 Å². The number of esters is 2. The minimum atomic E-state index is -0.831. The van der Waals surface area contributed by atoms with Crippen LogP contribution in [0.15, 0.2) is 12.1 Å². The topological polar surface area (TPSA) is 90.9 Å². The number of carbonyl (C=O) groups excluding carboxylic acids is 3. The fraction of sp³-hybridized carbons (Fsp3) is 0.550. The maximum atomic E-state index is 12.9. The van der Waals surface area contributed by atoms with Crippen molar-refractivity contribution in [1.29, 1.82) is 0 Å². The second-order valence-corrected chi connectivity index (χ2v) is 7.90. The van der Waals surface area contributed by atoms with Crippen LogP contribution in [0.3, 0.4) is 0 Å². The average molecular weight is 371 g/mol. The summed E-state index contributed by atoms with van der Waals surface area (Å²) in [6, 6.07) is 3.58. The van der Waals surface area contributed by atoms with Gasteiger partial charge in [-0.15, -0.1) is 0 Å². The standard InChI is InChI=1S/C20H21NO6/c1-10(22)25-14-4-3-12-9-15-20(27-11(2)23)6-5-13(24)18-19(20,7-8-21-15)16(12)17(14)26-18/h3-4,15,18,21H,5-9H2,1-2H3/t15-,18+,19+,20-/m1/s1. The average Bonchev–Trinajstić information content (AvgIpc) is 2.93. The summed E-state index contributed by atoms with van der Waals surface area (Å²) in [4.78, 5) is 36.5. The Labute approximate surface area is 156 Å². The molecule has 1 aromatic carbocycles. The maximum absolute atomic E-state index is 12.9. The number of ether oxygens (including phenoxy) is 3. The highest BCUT2D eigenvalue weighted by Gasteiger charge is 2.74. The van der Waals surface area contributed by atoms with E-state index in [4.69, 9.17) is 14.2 Å². The first-order valence-corrected chi connectivity index (χ1v) is 9.36. The van der Waals surface area contributed by atoms with Gasteiger partial charge >= 0.3 is 11.9 Å². The van der Waals surface area contributed by atoms with Crippen molar-refractivity contribution in [2.75, 3.05) is 6.54 Å². The zero-order valence-electron chi connectivity index (χ0n) is 15.3. The van der Waals surface area contributed by atoms with Gasteiger partial charge in [0, 0.05) is 25.8 Å². The van der Waals surface area contributed by atoms with Crippen LogP contribution in [0, 0.1) is 0 Å². The second kappa shape index (κ2) is 5.32. The molecule has 1 spiro atoms. The van der Waals surface area contributed by atoms with Crippen molar-refractivity contribution < 1.29 is 28.6 Å². The van der Waals surface area contributed by atoms with Gasteiger partial charge < -0.3 is 19.5 Å². The van der Waals surface area contributed by atoms with E-state index >= 15 is 0 Å². The fourth-order valence-electron chi connectivity index (χ4n) is 5.89. The van der Waals surface area contributed by atoms with Gasteiger partial charge in [0.2, 0.25) is 0 Å². The van der Waals surface area contributed by atoms with E-state index in [-0.39, 0.29) is 17.8 Å². The van der Waals surface area contributed by atoms with Crippen LogP contribution in [0.1, 0.15) is 44.2 Å². The molecule has 2 aliphatic heterocycles. The van der Waals surface area contributed by atoms with Crippen molar-refractivity contribution in [2.24, 2.45) is 0 Å². The maximum Gasteiger partial charge on any atom is 0.308 e. The number of nitrogens with one attached hydrogen (secondary N) is 1. The van der Waals surface area contributed by atoms with Crippen molar-refractivity contribution in [2.45, 2.75) is 62.7 Å². The van der Waals surface area contributed by atoms with E-state index in [1.807, 2.05) is 6.07 Å². The van der Waals surface area contributed by atoms with Crippen LogP contribution in [0.2, 0.25) is 0 Å². The summed E-state index contributed by atoms with van der Waals surface area (Å²) in [5.41, 5.74) is 0.377. The molecule has 2 bridgehead atoms. The summed E-state index contributed by atoms with van der Waals surface area (Å²) in [6.07, 6.45) is 1.34. The predicted molar refractivity (Wildman–Crippen MR) is 92.7 cm³/mol. The summed E-state index contributed by atoms with van der Waals surface area (Å²) in [5.74, 6) is -0.00873. The van der Waals surface area contributed by atoms with Crippen LogP contribution in [0.25, 0.3) is 0 Å². The number of hydrogen-bond donors (Lipinski definition) is 1. The third kappa shape index (κ3) is 1.92. The molecule has 2 fully saturated rings. The molecule has 1 saturated heterocycles. The molecule has 1 aromatic rings. The van der Waals surface area contributed by atoms with E-state index < -0.39 is 23.1 Å². The Morgan fingerprint density at radius 1 is 1.22 bits per heavy atom. The van der Waals surface area contributed by atoms with Crippen LogP contribution in [0.4, 0.5) is 0 Å². The Hall–Kier alpha value is -2.41. The lowest BCUT2D eigenvalue weighted by Crippen LogP contribution is -2.77. The van der Waals surface area contributed by atoms with E-state index in [0.717, 1.165) is 11.1 Å². The van der Waals surface area contributed by atoms with Crippen molar-refractivity contribution in [3.63, 3.8) is 0 Å².